The van der Waals surface area contributed by atoms with Crippen molar-refractivity contribution in [1.29, 1.82) is 0 Å². The van der Waals surface area contributed by atoms with Crippen LogP contribution in [0.15, 0.2) is 11.9 Å². The van der Waals surface area contributed by atoms with Gasteiger partial charge in [-0.1, -0.05) is 19.3 Å². The summed E-state index contributed by atoms with van der Waals surface area (Å²) in [5, 5.41) is 3.37. The van der Waals surface area contributed by atoms with Crippen LogP contribution in [-0.4, -0.2) is 42.3 Å². The van der Waals surface area contributed by atoms with Crippen LogP contribution >= 0.6 is 0 Å². The Labute approximate surface area is 104 Å². The molecule has 0 aromatic rings. The highest BCUT2D eigenvalue weighted by Gasteiger charge is 2.29. The monoisotopic (exact) mass is 236 g/mol. The van der Waals surface area contributed by atoms with Crippen LogP contribution in [0.25, 0.3) is 0 Å². The largest absolute Gasteiger partial charge is 0.372 e. The summed E-state index contributed by atoms with van der Waals surface area (Å²) >= 11 is 0. The van der Waals surface area contributed by atoms with E-state index in [-0.39, 0.29) is 6.17 Å². The maximum Gasteiger partial charge on any atom is 0.0959 e. The maximum atomic E-state index is 6.22. The van der Waals surface area contributed by atoms with Crippen molar-refractivity contribution < 1.29 is 0 Å². The molecule has 4 heteroatoms. The van der Waals surface area contributed by atoms with Gasteiger partial charge in [-0.2, -0.15) is 0 Å². The van der Waals surface area contributed by atoms with Gasteiger partial charge in [0, 0.05) is 25.0 Å². The van der Waals surface area contributed by atoms with E-state index in [1.54, 1.807) is 0 Å². The van der Waals surface area contributed by atoms with Crippen LogP contribution in [0.3, 0.4) is 0 Å². The molecule has 0 bridgehead atoms. The Balaban J connectivity index is 1.61. The Bertz CT molecular complexity index is 296. The van der Waals surface area contributed by atoms with Gasteiger partial charge in [0.05, 0.1) is 19.4 Å². The Kier molecular flexibility index (Phi) is 3.25. The van der Waals surface area contributed by atoms with Crippen LogP contribution in [0.4, 0.5) is 0 Å². The minimum absolute atomic E-state index is 0.175. The molecule has 2 heterocycles. The summed E-state index contributed by atoms with van der Waals surface area (Å²) < 4.78 is 0. The lowest BCUT2D eigenvalue weighted by Gasteiger charge is -2.39. The van der Waals surface area contributed by atoms with Crippen LogP contribution in [0.1, 0.15) is 32.1 Å². The van der Waals surface area contributed by atoms with Crippen molar-refractivity contribution in [3.05, 3.63) is 11.9 Å². The van der Waals surface area contributed by atoms with E-state index in [1.165, 1.54) is 44.3 Å². The summed E-state index contributed by atoms with van der Waals surface area (Å²) in [5.41, 5.74) is 7.59. The van der Waals surface area contributed by atoms with Gasteiger partial charge in [-0.05, 0) is 18.8 Å². The number of nitrogens with two attached hydrogens (primary N) is 1. The first-order valence-corrected chi connectivity index (χ1v) is 7.00. The molecule has 0 amide bonds. The zero-order chi connectivity index (χ0) is 11.7. The smallest absolute Gasteiger partial charge is 0.0959 e. The van der Waals surface area contributed by atoms with Crippen LogP contribution in [0.5, 0.6) is 0 Å². The number of rotatable bonds is 2. The molecule has 0 spiro atoms. The van der Waals surface area contributed by atoms with E-state index in [0.29, 0.717) is 0 Å². The summed E-state index contributed by atoms with van der Waals surface area (Å²) in [6.07, 6.45) is 9.62. The molecule has 1 aliphatic carbocycles. The van der Waals surface area contributed by atoms with E-state index in [1.807, 2.05) is 0 Å². The standard InChI is InChI=1S/C13H24N4/c14-13-9-16(7-11-4-2-1-3-5-11)8-12-6-15-10-17(12)13/h8,11,13,15H,1-7,9-10,14H2. The van der Waals surface area contributed by atoms with Crippen molar-refractivity contribution in [3.8, 4) is 0 Å². The van der Waals surface area contributed by atoms with E-state index >= 15 is 0 Å². The molecule has 1 saturated carbocycles. The predicted molar refractivity (Wildman–Crippen MR) is 68.9 cm³/mol. The van der Waals surface area contributed by atoms with Crippen molar-refractivity contribution in [2.24, 2.45) is 11.7 Å². The molecule has 1 atom stereocenters. The second-order valence-corrected chi connectivity index (χ2v) is 5.70. The molecule has 0 aromatic carbocycles. The fourth-order valence-corrected chi connectivity index (χ4v) is 3.39. The van der Waals surface area contributed by atoms with Crippen molar-refractivity contribution in [2.45, 2.75) is 38.3 Å². The molecule has 4 nitrogen and oxygen atoms in total. The third kappa shape index (κ3) is 2.43. The molecule has 2 aliphatic heterocycles. The lowest BCUT2D eigenvalue weighted by atomic mass is 9.89. The highest BCUT2D eigenvalue weighted by molar-refractivity contribution is 5.12. The summed E-state index contributed by atoms with van der Waals surface area (Å²) in [6.45, 7) is 4.10. The topological polar surface area (TPSA) is 44.5 Å². The third-order valence-electron chi connectivity index (χ3n) is 4.33. The first-order valence-electron chi connectivity index (χ1n) is 7.00. The lowest BCUT2D eigenvalue weighted by molar-refractivity contribution is 0.162. The van der Waals surface area contributed by atoms with Gasteiger partial charge in [-0.3, -0.25) is 5.32 Å². The highest BCUT2D eigenvalue weighted by atomic mass is 15.4. The van der Waals surface area contributed by atoms with Crippen LogP contribution in [0, 0.1) is 5.92 Å². The van der Waals surface area contributed by atoms with Gasteiger partial charge in [-0.25, -0.2) is 0 Å². The fraction of sp³-hybridized carbons (Fsp3) is 0.846. The molecule has 3 N–H and O–H groups in total. The third-order valence-corrected chi connectivity index (χ3v) is 4.33. The molecule has 96 valence electrons. The van der Waals surface area contributed by atoms with Crippen molar-refractivity contribution in [2.75, 3.05) is 26.3 Å². The first-order chi connectivity index (χ1) is 8.33. The van der Waals surface area contributed by atoms with Gasteiger partial charge in [0.1, 0.15) is 0 Å². The molecular formula is C13H24N4. The van der Waals surface area contributed by atoms with Crippen LogP contribution in [-0.2, 0) is 0 Å². The summed E-state index contributed by atoms with van der Waals surface area (Å²) in [5.74, 6) is 0.897. The van der Waals surface area contributed by atoms with Gasteiger partial charge >= 0.3 is 0 Å². The average molecular weight is 236 g/mol. The van der Waals surface area contributed by atoms with E-state index in [2.05, 4.69) is 21.3 Å². The number of nitrogens with zero attached hydrogens (tertiary/aromatic N) is 2. The predicted octanol–water partition coefficient (Wildman–Crippen LogP) is 0.871. The molecule has 17 heavy (non-hydrogen) atoms. The Morgan fingerprint density at radius 3 is 2.94 bits per heavy atom. The number of nitrogens with one attached hydrogen (secondary N) is 1. The Morgan fingerprint density at radius 1 is 1.29 bits per heavy atom. The molecule has 1 unspecified atom stereocenters. The minimum Gasteiger partial charge on any atom is -0.372 e. The first kappa shape index (κ1) is 11.4. The molecule has 0 radical (unpaired) electrons. The van der Waals surface area contributed by atoms with E-state index < -0.39 is 0 Å². The second-order valence-electron chi connectivity index (χ2n) is 5.70. The van der Waals surface area contributed by atoms with Crippen molar-refractivity contribution in [3.63, 3.8) is 0 Å². The Hall–Kier alpha value is -0.740. The van der Waals surface area contributed by atoms with E-state index in [0.717, 1.165) is 25.7 Å². The molecule has 0 aromatic heterocycles. The van der Waals surface area contributed by atoms with Gasteiger partial charge in [0.2, 0.25) is 0 Å². The van der Waals surface area contributed by atoms with Crippen molar-refractivity contribution >= 4 is 0 Å². The number of hydrogen-bond acceptors (Lipinski definition) is 4. The van der Waals surface area contributed by atoms with Crippen LogP contribution in [0.2, 0.25) is 0 Å². The summed E-state index contributed by atoms with van der Waals surface area (Å²) in [4.78, 5) is 4.75. The summed E-state index contributed by atoms with van der Waals surface area (Å²) in [7, 11) is 0. The van der Waals surface area contributed by atoms with Gasteiger partial charge < -0.3 is 15.5 Å². The fourth-order valence-electron chi connectivity index (χ4n) is 3.39. The van der Waals surface area contributed by atoms with E-state index in [4.69, 9.17) is 5.73 Å². The lowest BCUT2D eigenvalue weighted by Crippen LogP contribution is -2.51. The molecule has 3 aliphatic rings. The molecule has 1 saturated heterocycles. The van der Waals surface area contributed by atoms with Crippen molar-refractivity contribution in [1.82, 2.24) is 15.1 Å². The highest BCUT2D eigenvalue weighted by Crippen LogP contribution is 2.26. The van der Waals surface area contributed by atoms with Gasteiger partial charge in [0.25, 0.3) is 0 Å². The van der Waals surface area contributed by atoms with Gasteiger partial charge in [-0.15, -0.1) is 0 Å². The Morgan fingerprint density at radius 2 is 2.12 bits per heavy atom. The normalized spacial score (nSPS) is 30.4. The van der Waals surface area contributed by atoms with Gasteiger partial charge in [0.15, 0.2) is 0 Å². The molecule has 2 fully saturated rings. The quantitative estimate of drug-likeness (QED) is 0.747. The SMILES string of the molecule is NC1CN(CC2CCCCC2)C=C2CNCN21. The zero-order valence-corrected chi connectivity index (χ0v) is 10.6. The number of hydrogen-bond donors (Lipinski definition) is 2. The number of fused-ring (bicyclic) bond motifs is 1. The minimum atomic E-state index is 0.175. The summed E-state index contributed by atoms with van der Waals surface area (Å²) in [6, 6.07) is 0. The second kappa shape index (κ2) is 4.86. The zero-order valence-electron chi connectivity index (χ0n) is 10.6. The molecular weight excluding hydrogens is 212 g/mol. The molecule has 3 rings (SSSR count). The average Bonchev–Trinajstić information content (AvgIpc) is 2.79. The van der Waals surface area contributed by atoms with E-state index in [9.17, 15) is 0 Å². The maximum absolute atomic E-state index is 6.22. The van der Waals surface area contributed by atoms with Crippen LogP contribution < -0.4 is 11.1 Å².